The summed E-state index contributed by atoms with van der Waals surface area (Å²) in [6, 6.07) is 55.8. The van der Waals surface area contributed by atoms with Gasteiger partial charge in [0.1, 0.15) is 0 Å². The minimum absolute atomic E-state index is 0.0583. The fourth-order valence-electron chi connectivity index (χ4n) is 8.68. The summed E-state index contributed by atoms with van der Waals surface area (Å²) < 4.78 is 0. The molecule has 0 atom stereocenters. The summed E-state index contributed by atoms with van der Waals surface area (Å²) in [5.74, 6) is 0. The monoisotopic (exact) mass is 669 g/mol. The Morgan fingerprint density at radius 2 is 1.06 bits per heavy atom. The van der Waals surface area contributed by atoms with Gasteiger partial charge in [-0.25, -0.2) is 0 Å². The Labute approximate surface area is 308 Å². The fourth-order valence-corrected chi connectivity index (χ4v) is 8.68. The van der Waals surface area contributed by atoms with Crippen LogP contribution in [-0.4, -0.2) is 0 Å². The molecule has 0 fully saturated rings. The normalized spacial score (nSPS) is 15.8. The average molecular weight is 670 g/mol. The smallest absolute Gasteiger partial charge is 0.0465 e. The van der Waals surface area contributed by atoms with Crippen molar-refractivity contribution in [1.29, 1.82) is 0 Å². The number of allylic oxidation sites excluding steroid dienone is 8. The molecule has 0 saturated carbocycles. The molecule has 6 aromatic carbocycles. The second-order valence-electron chi connectivity index (χ2n) is 14.8. The van der Waals surface area contributed by atoms with Crippen LogP contribution >= 0.6 is 0 Å². The standard InChI is InChI=1S/C51H43N/c1-51(2)49-26-16-15-25-45(49)46-32-29-42(35-50(46)51)52(40-27-30-43(36-17-7-3-8-18-36)47(33-40)38-21-11-5-12-22-38)41-28-31-44(37-19-9-4-10-20-37)48(34-41)39-23-13-6-14-24-39/h3-13,15-23,25-28,30-31,33-35H,14,24,29,32H2,1-2H3. The third-order valence-corrected chi connectivity index (χ3v) is 11.3. The minimum atomic E-state index is -0.0583. The summed E-state index contributed by atoms with van der Waals surface area (Å²) in [6.45, 7) is 4.80. The molecular formula is C51H43N. The van der Waals surface area contributed by atoms with E-state index in [9.17, 15) is 0 Å². The molecule has 0 unspecified atom stereocenters. The van der Waals surface area contributed by atoms with Crippen molar-refractivity contribution in [2.45, 2.75) is 44.9 Å². The van der Waals surface area contributed by atoms with E-state index in [1.807, 2.05) is 0 Å². The lowest BCUT2D eigenvalue weighted by Gasteiger charge is -2.34. The second-order valence-corrected chi connectivity index (χ2v) is 14.8. The van der Waals surface area contributed by atoms with Gasteiger partial charge >= 0.3 is 0 Å². The van der Waals surface area contributed by atoms with E-state index >= 15 is 0 Å². The van der Waals surface area contributed by atoms with Gasteiger partial charge in [-0.15, -0.1) is 0 Å². The highest BCUT2D eigenvalue weighted by atomic mass is 15.1. The summed E-state index contributed by atoms with van der Waals surface area (Å²) in [4.78, 5) is 2.56. The topological polar surface area (TPSA) is 3.24 Å². The highest BCUT2D eigenvalue weighted by molar-refractivity contribution is 5.91. The van der Waals surface area contributed by atoms with Gasteiger partial charge in [-0.2, -0.15) is 0 Å². The highest BCUT2D eigenvalue weighted by Crippen LogP contribution is 2.52. The molecule has 0 saturated heterocycles. The van der Waals surface area contributed by atoms with Gasteiger partial charge in [-0.3, -0.25) is 0 Å². The Balaban J connectivity index is 1.27. The summed E-state index contributed by atoms with van der Waals surface area (Å²) in [5, 5.41) is 0. The molecule has 3 aliphatic carbocycles. The number of hydrogen-bond donors (Lipinski definition) is 0. The number of fused-ring (bicyclic) bond motifs is 2. The molecule has 1 nitrogen and oxygen atoms in total. The molecule has 0 amide bonds. The molecule has 0 heterocycles. The zero-order valence-electron chi connectivity index (χ0n) is 30.0. The van der Waals surface area contributed by atoms with Crippen LogP contribution in [0.3, 0.4) is 0 Å². The number of hydrogen-bond acceptors (Lipinski definition) is 1. The van der Waals surface area contributed by atoms with Crippen LogP contribution in [0.4, 0.5) is 11.4 Å². The van der Waals surface area contributed by atoms with Crippen LogP contribution in [0.15, 0.2) is 187 Å². The molecule has 0 N–H and O–H groups in total. The van der Waals surface area contributed by atoms with E-state index in [-0.39, 0.29) is 5.41 Å². The van der Waals surface area contributed by atoms with Crippen molar-refractivity contribution in [2.75, 3.05) is 4.90 Å². The van der Waals surface area contributed by atoms with Crippen LogP contribution in [0, 0.1) is 0 Å². The first kappa shape index (κ1) is 32.0. The summed E-state index contributed by atoms with van der Waals surface area (Å²) in [7, 11) is 0. The van der Waals surface area contributed by atoms with Gasteiger partial charge in [-0.05, 0) is 123 Å². The van der Waals surface area contributed by atoms with Gasteiger partial charge in [0, 0.05) is 22.5 Å². The SMILES string of the molecule is CC1(C)C2=C(CCC(N(c3ccc(-c4ccccc4)c(C4=CC=CCC4)c3)c3ccc(-c4ccccc4)c(-c4ccccc4)c3)=C2)c2ccccc21. The van der Waals surface area contributed by atoms with E-state index < -0.39 is 0 Å². The Kier molecular flexibility index (Phi) is 8.20. The Morgan fingerprint density at radius 1 is 0.500 bits per heavy atom. The Bertz CT molecular complexity index is 2400. The zero-order chi connectivity index (χ0) is 35.1. The predicted octanol–water partition coefficient (Wildman–Crippen LogP) is 14.0. The van der Waals surface area contributed by atoms with Gasteiger partial charge in [0.05, 0.1) is 0 Å². The molecule has 0 spiro atoms. The number of benzene rings is 6. The van der Waals surface area contributed by atoms with E-state index in [1.54, 1.807) is 0 Å². The maximum absolute atomic E-state index is 2.56. The third kappa shape index (κ3) is 5.67. The van der Waals surface area contributed by atoms with Crippen LogP contribution in [0.5, 0.6) is 0 Å². The average Bonchev–Trinajstić information content (AvgIpc) is 3.44. The van der Waals surface area contributed by atoms with Crippen molar-refractivity contribution in [3.63, 3.8) is 0 Å². The molecule has 252 valence electrons. The molecule has 0 aromatic heterocycles. The van der Waals surface area contributed by atoms with Gasteiger partial charge < -0.3 is 4.90 Å². The molecule has 0 aliphatic heterocycles. The molecule has 6 aromatic rings. The van der Waals surface area contributed by atoms with Gasteiger partial charge in [0.2, 0.25) is 0 Å². The molecular weight excluding hydrogens is 627 g/mol. The van der Waals surface area contributed by atoms with E-state index in [0.29, 0.717) is 0 Å². The molecule has 3 aliphatic rings. The largest absolute Gasteiger partial charge is 0.314 e. The molecule has 0 radical (unpaired) electrons. The first-order valence-corrected chi connectivity index (χ1v) is 18.7. The second kappa shape index (κ2) is 13.3. The van der Waals surface area contributed by atoms with Crippen molar-refractivity contribution in [3.05, 3.63) is 204 Å². The minimum Gasteiger partial charge on any atom is -0.314 e. The van der Waals surface area contributed by atoms with E-state index in [0.717, 1.165) is 25.7 Å². The van der Waals surface area contributed by atoms with Crippen molar-refractivity contribution in [1.82, 2.24) is 0 Å². The lowest BCUT2D eigenvalue weighted by Crippen LogP contribution is -2.22. The van der Waals surface area contributed by atoms with Gasteiger partial charge in [-0.1, -0.05) is 159 Å². The van der Waals surface area contributed by atoms with Crippen molar-refractivity contribution >= 4 is 22.5 Å². The van der Waals surface area contributed by atoms with Crippen molar-refractivity contribution in [2.24, 2.45) is 0 Å². The third-order valence-electron chi connectivity index (χ3n) is 11.3. The van der Waals surface area contributed by atoms with Crippen molar-refractivity contribution in [3.8, 4) is 33.4 Å². The summed E-state index contributed by atoms with van der Waals surface area (Å²) in [6.07, 6.45) is 13.4. The lowest BCUT2D eigenvalue weighted by molar-refractivity contribution is 0.648. The molecule has 52 heavy (non-hydrogen) atoms. The van der Waals surface area contributed by atoms with Crippen LogP contribution in [-0.2, 0) is 5.41 Å². The number of nitrogens with zero attached hydrogens (tertiary/aromatic N) is 1. The number of anilines is 2. The maximum Gasteiger partial charge on any atom is 0.0465 e. The first-order valence-electron chi connectivity index (χ1n) is 18.7. The van der Waals surface area contributed by atoms with Crippen LogP contribution in [0.1, 0.15) is 56.2 Å². The quantitative estimate of drug-likeness (QED) is 0.164. The van der Waals surface area contributed by atoms with E-state index in [2.05, 4.69) is 195 Å². The maximum atomic E-state index is 2.56. The Morgan fingerprint density at radius 3 is 1.67 bits per heavy atom. The zero-order valence-corrected chi connectivity index (χ0v) is 30.0. The van der Waals surface area contributed by atoms with Crippen LogP contribution in [0.25, 0.3) is 44.5 Å². The van der Waals surface area contributed by atoms with Crippen LogP contribution < -0.4 is 4.90 Å². The fraction of sp³-hybridized carbons (Fsp3) is 0.137. The molecule has 9 rings (SSSR count). The highest BCUT2D eigenvalue weighted by Gasteiger charge is 2.38. The Hall–Kier alpha value is -5.92. The lowest BCUT2D eigenvalue weighted by atomic mass is 9.79. The first-order chi connectivity index (χ1) is 25.6. The van der Waals surface area contributed by atoms with Crippen molar-refractivity contribution < 1.29 is 0 Å². The number of rotatable bonds is 7. The van der Waals surface area contributed by atoms with E-state index in [1.165, 1.54) is 83.9 Å². The predicted molar refractivity (Wildman–Crippen MR) is 221 cm³/mol. The van der Waals surface area contributed by atoms with Crippen LogP contribution in [0.2, 0.25) is 0 Å². The summed E-state index contributed by atoms with van der Waals surface area (Å²) >= 11 is 0. The summed E-state index contributed by atoms with van der Waals surface area (Å²) in [5.41, 5.74) is 19.6. The molecule has 1 heteroatoms. The molecule has 0 bridgehead atoms. The van der Waals surface area contributed by atoms with E-state index in [4.69, 9.17) is 0 Å². The van der Waals surface area contributed by atoms with Gasteiger partial charge in [0.15, 0.2) is 0 Å². The van der Waals surface area contributed by atoms with Gasteiger partial charge in [0.25, 0.3) is 0 Å².